The lowest BCUT2D eigenvalue weighted by Crippen LogP contribution is -1.97. The summed E-state index contributed by atoms with van der Waals surface area (Å²) in [5.74, 6) is 0.495. The molecule has 0 radical (unpaired) electrons. The van der Waals surface area contributed by atoms with Crippen LogP contribution in [0.25, 0.3) is 11.3 Å². The van der Waals surface area contributed by atoms with Gasteiger partial charge in [0.25, 0.3) is 0 Å². The zero-order valence-corrected chi connectivity index (χ0v) is 10.3. The Hall–Kier alpha value is -1.48. The molecule has 0 saturated heterocycles. The first-order valence-corrected chi connectivity index (χ1v) is 5.44. The molecule has 3 nitrogen and oxygen atoms in total. The van der Waals surface area contributed by atoms with Gasteiger partial charge in [0.1, 0.15) is 16.5 Å². The summed E-state index contributed by atoms with van der Waals surface area (Å²) in [4.78, 5) is 0. The van der Waals surface area contributed by atoms with Gasteiger partial charge in [0.2, 0.25) is 0 Å². The van der Waals surface area contributed by atoms with E-state index in [0.717, 1.165) is 11.3 Å². The molecule has 1 heterocycles. The topological polar surface area (TPSA) is 43.8 Å². The number of nitrogens with zero attached hydrogens (tertiary/aromatic N) is 2. The van der Waals surface area contributed by atoms with Crippen LogP contribution in [0.2, 0.25) is 5.02 Å². The van der Waals surface area contributed by atoms with Gasteiger partial charge < -0.3 is 5.73 Å². The number of hydrogen-bond acceptors (Lipinski definition) is 2. The van der Waals surface area contributed by atoms with Gasteiger partial charge in [-0.25, -0.2) is 0 Å². The molecule has 0 aliphatic rings. The monoisotopic (exact) mass is 235 g/mol. The summed E-state index contributed by atoms with van der Waals surface area (Å²) >= 11 is 6.13. The molecule has 2 N–H and O–H groups in total. The van der Waals surface area contributed by atoms with Crippen LogP contribution in [-0.2, 0) is 7.05 Å². The second kappa shape index (κ2) is 3.83. The van der Waals surface area contributed by atoms with Gasteiger partial charge in [-0.2, -0.15) is 5.10 Å². The fourth-order valence-electron chi connectivity index (χ4n) is 1.58. The molecule has 4 heteroatoms. The van der Waals surface area contributed by atoms with Gasteiger partial charge in [0.15, 0.2) is 0 Å². The van der Waals surface area contributed by atoms with Gasteiger partial charge in [-0.3, -0.25) is 4.68 Å². The normalized spacial score (nSPS) is 10.8. The zero-order chi connectivity index (χ0) is 11.9. The van der Waals surface area contributed by atoms with Crippen LogP contribution in [0.3, 0.4) is 0 Å². The van der Waals surface area contributed by atoms with E-state index in [2.05, 4.69) is 31.1 Å². The van der Waals surface area contributed by atoms with Crippen molar-refractivity contribution in [3.63, 3.8) is 0 Å². The summed E-state index contributed by atoms with van der Waals surface area (Å²) < 4.78 is 1.59. The number of nitrogens with two attached hydrogens (primary N) is 1. The maximum atomic E-state index is 6.13. The number of anilines is 1. The number of benzene rings is 1. The summed E-state index contributed by atoms with van der Waals surface area (Å²) in [5, 5.41) is 4.83. The Balaban J connectivity index is 2.59. The predicted molar refractivity (Wildman–Crippen MR) is 67.5 cm³/mol. The molecule has 2 aromatic rings. The highest BCUT2D eigenvalue weighted by Gasteiger charge is 2.13. The van der Waals surface area contributed by atoms with Crippen LogP contribution in [0.15, 0.2) is 18.2 Å². The highest BCUT2D eigenvalue weighted by Crippen LogP contribution is 2.31. The number of halogens is 1. The van der Waals surface area contributed by atoms with E-state index in [1.807, 2.05) is 6.07 Å². The minimum Gasteiger partial charge on any atom is -0.383 e. The molecule has 0 aliphatic carbocycles. The van der Waals surface area contributed by atoms with E-state index in [1.54, 1.807) is 11.7 Å². The van der Waals surface area contributed by atoms with E-state index < -0.39 is 0 Å². The average molecular weight is 236 g/mol. The zero-order valence-electron chi connectivity index (χ0n) is 9.58. The molecule has 0 saturated carbocycles. The minimum absolute atomic E-state index is 0.495. The highest BCUT2D eigenvalue weighted by molar-refractivity contribution is 6.35. The molecule has 0 amide bonds. The van der Waals surface area contributed by atoms with Crippen molar-refractivity contribution >= 4 is 17.4 Å². The van der Waals surface area contributed by atoms with Crippen LogP contribution in [0, 0.1) is 13.8 Å². The van der Waals surface area contributed by atoms with E-state index in [1.165, 1.54) is 11.1 Å². The minimum atomic E-state index is 0.495. The van der Waals surface area contributed by atoms with Gasteiger partial charge >= 0.3 is 0 Å². The lowest BCUT2D eigenvalue weighted by molar-refractivity contribution is 0.782. The molecule has 0 unspecified atom stereocenters. The third-order valence-corrected chi connectivity index (χ3v) is 3.18. The number of aromatic nitrogens is 2. The maximum absolute atomic E-state index is 6.13. The van der Waals surface area contributed by atoms with Crippen molar-refractivity contribution in [3.8, 4) is 11.3 Å². The van der Waals surface area contributed by atoms with E-state index in [9.17, 15) is 0 Å². The summed E-state index contributed by atoms with van der Waals surface area (Å²) in [7, 11) is 1.78. The van der Waals surface area contributed by atoms with Gasteiger partial charge in [-0.15, -0.1) is 0 Å². The van der Waals surface area contributed by atoms with Crippen LogP contribution >= 0.6 is 11.6 Å². The number of nitrogen functional groups attached to an aromatic ring is 1. The van der Waals surface area contributed by atoms with Gasteiger partial charge in [0, 0.05) is 12.6 Å². The molecular weight excluding hydrogens is 222 g/mol. The molecule has 0 fully saturated rings. The Labute approximate surface area is 99.8 Å². The number of rotatable bonds is 1. The fraction of sp³-hybridized carbons (Fsp3) is 0.250. The standard InChI is InChI=1S/C12H14ClN3/c1-7-4-5-9(6-8(7)2)11-10(13)12(14)16(3)15-11/h4-6H,14H2,1-3H3. The van der Waals surface area contributed by atoms with Crippen molar-refractivity contribution in [2.75, 3.05) is 5.73 Å². The molecular formula is C12H14ClN3. The van der Waals surface area contributed by atoms with Crippen LogP contribution in [-0.4, -0.2) is 9.78 Å². The van der Waals surface area contributed by atoms with Crippen molar-refractivity contribution in [3.05, 3.63) is 34.3 Å². The predicted octanol–water partition coefficient (Wildman–Crippen LogP) is 2.94. The van der Waals surface area contributed by atoms with Crippen molar-refractivity contribution in [1.29, 1.82) is 0 Å². The highest BCUT2D eigenvalue weighted by atomic mass is 35.5. The van der Waals surface area contributed by atoms with Crippen LogP contribution in [0.5, 0.6) is 0 Å². The molecule has 16 heavy (non-hydrogen) atoms. The Kier molecular flexibility index (Phi) is 2.64. The van der Waals surface area contributed by atoms with E-state index >= 15 is 0 Å². The molecule has 0 bridgehead atoms. The van der Waals surface area contributed by atoms with Crippen LogP contribution in [0.1, 0.15) is 11.1 Å². The summed E-state index contributed by atoms with van der Waals surface area (Å²) in [6.07, 6.45) is 0. The molecule has 0 aliphatic heterocycles. The van der Waals surface area contributed by atoms with Gasteiger partial charge in [-0.05, 0) is 31.0 Å². The molecule has 1 aromatic carbocycles. The molecule has 0 atom stereocenters. The first-order chi connectivity index (χ1) is 7.50. The summed E-state index contributed by atoms with van der Waals surface area (Å²) in [5.41, 5.74) is 9.99. The lowest BCUT2D eigenvalue weighted by atomic mass is 10.0. The van der Waals surface area contributed by atoms with Crippen molar-refractivity contribution in [2.24, 2.45) is 7.05 Å². The number of aryl methyl sites for hydroxylation is 3. The average Bonchev–Trinajstić information content (AvgIpc) is 2.50. The number of hydrogen-bond donors (Lipinski definition) is 1. The Morgan fingerprint density at radius 2 is 1.94 bits per heavy atom. The largest absolute Gasteiger partial charge is 0.383 e. The van der Waals surface area contributed by atoms with E-state index in [-0.39, 0.29) is 0 Å². The Morgan fingerprint density at radius 3 is 2.44 bits per heavy atom. The first-order valence-electron chi connectivity index (χ1n) is 5.06. The van der Waals surface area contributed by atoms with Crippen LogP contribution < -0.4 is 5.73 Å². The fourth-order valence-corrected chi connectivity index (χ4v) is 1.85. The summed E-state index contributed by atoms with van der Waals surface area (Å²) in [6, 6.07) is 6.14. The maximum Gasteiger partial charge on any atom is 0.140 e. The second-order valence-corrected chi connectivity index (χ2v) is 4.35. The van der Waals surface area contributed by atoms with Crippen LogP contribution in [0.4, 0.5) is 5.82 Å². The van der Waals surface area contributed by atoms with E-state index in [0.29, 0.717) is 10.8 Å². The van der Waals surface area contributed by atoms with E-state index in [4.69, 9.17) is 17.3 Å². The Morgan fingerprint density at radius 1 is 1.25 bits per heavy atom. The quantitative estimate of drug-likeness (QED) is 0.826. The first kappa shape index (κ1) is 11.0. The van der Waals surface area contributed by atoms with Crippen molar-refractivity contribution in [2.45, 2.75) is 13.8 Å². The summed E-state index contributed by atoms with van der Waals surface area (Å²) in [6.45, 7) is 4.15. The lowest BCUT2D eigenvalue weighted by Gasteiger charge is -2.02. The smallest absolute Gasteiger partial charge is 0.140 e. The molecule has 84 valence electrons. The van der Waals surface area contributed by atoms with Crippen molar-refractivity contribution < 1.29 is 0 Å². The third kappa shape index (κ3) is 1.67. The van der Waals surface area contributed by atoms with Gasteiger partial charge in [0.05, 0.1) is 0 Å². The molecule has 2 rings (SSSR count). The Bertz CT molecular complexity index is 543. The third-order valence-electron chi connectivity index (χ3n) is 2.81. The SMILES string of the molecule is Cc1ccc(-c2nn(C)c(N)c2Cl)cc1C. The van der Waals surface area contributed by atoms with Gasteiger partial charge in [-0.1, -0.05) is 23.7 Å². The molecule has 0 spiro atoms. The van der Waals surface area contributed by atoms with Crippen molar-refractivity contribution in [1.82, 2.24) is 9.78 Å². The second-order valence-electron chi connectivity index (χ2n) is 3.97. The molecule has 1 aromatic heterocycles.